The van der Waals surface area contributed by atoms with Gasteiger partial charge in [-0.1, -0.05) is 42.5 Å². The molecule has 3 aromatic rings. The Kier molecular flexibility index (Phi) is 6.98. The van der Waals surface area contributed by atoms with Crippen LogP contribution in [0.25, 0.3) is 0 Å². The molecule has 150 valence electrons. The lowest BCUT2D eigenvalue weighted by Gasteiger charge is -2.22. The van der Waals surface area contributed by atoms with E-state index in [-0.39, 0.29) is 13.0 Å². The van der Waals surface area contributed by atoms with Crippen LogP contribution in [-0.2, 0) is 16.0 Å². The van der Waals surface area contributed by atoms with E-state index in [9.17, 15) is 14.3 Å². The lowest BCUT2D eigenvalue weighted by Crippen LogP contribution is -2.26. The van der Waals surface area contributed by atoms with Gasteiger partial charge in [0, 0.05) is 0 Å². The summed E-state index contributed by atoms with van der Waals surface area (Å²) in [4.78, 5) is 12.5. The maximum absolute atomic E-state index is 13.2. The maximum atomic E-state index is 13.2. The van der Waals surface area contributed by atoms with E-state index in [1.54, 1.807) is 6.92 Å². The second-order valence-electron chi connectivity index (χ2n) is 6.62. The van der Waals surface area contributed by atoms with Gasteiger partial charge < -0.3 is 14.6 Å². The van der Waals surface area contributed by atoms with Gasteiger partial charge >= 0.3 is 5.97 Å². The lowest BCUT2D eigenvalue weighted by molar-refractivity contribution is -0.152. The minimum atomic E-state index is -1.12. The van der Waals surface area contributed by atoms with E-state index in [1.807, 2.05) is 54.6 Å². The molecule has 0 aliphatic heterocycles. The summed E-state index contributed by atoms with van der Waals surface area (Å²) in [6.45, 7) is 1.93. The lowest BCUT2D eigenvalue weighted by atomic mass is 9.89. The van der Waals surface area contributed by atoms with E-state index < -0.39 is 23.8 Å². The van der Waals surface area contributed by atoms with Crippen LogP contribution in [0.4, 0.5) is 4.39 Å². The predicted molar refractivity (Wildman–Crippen MR) is 108 cm³/mol. The van der Waals surface area contributed by atoms with Gasteiger partial charge in [0.2, 0.25) is 0 Å². The fourth-order valence-electron chi connectivity index (χ4n) is 3.08. The normalized spacial score (nSPS) is 12.8. The second kappa shape index (κ2) is 9.85. The number of aliphatic hydroxyl groups excluding tert-OH is 1. The molecule has 0 aromatic heterocycles. The van der Waals surface area contributed by atoms with Crippen LogP contribution in [0.1, 0.15) is 24.2 Å². The number of hydrogen-bond acceptors (Lipinski definition) is 4. The summed E-state index contributed by atoms with van der Waals surface area (Å²) in [5.41, 5.74) is 1.28. The summed E-state index contributed by atoms with van der Waals surface area (Å²) in [6.07, 6.45) is -0.864. The van der Waals surface area contributed by atoms with Crippen molar-refractivity contribution >= 4 is 5.97 Å². The average molecular weight is 394 g/mol. The van der Waals surface area contributed by atoms with Crippen LogP contribution >= 0.6 is 0 Å². The van der Waals surface area contributed by atoms with Crippen molar-refractivity contribution in [2.75, 3.05) is 6.61 Å². The van der Waals surface area contributed by atoms with Crippen LogP contribution in [0.3, 0.4) is 0 Å². The first-order valence-electron chi connectivity index (χ1n) is 9.49. The quantitative estimate of drug-likeness (QED) is 0.542. The van der Waals surface area contributed by atoms with Crippen molar-refractivity contribution in [2.45, 2.75) is 19.4 Å². The monoisotopic (exact) mass is 394 g/mol. The van der Waals surface area contributed by atoms with Gasteiger partial charge in [0.25, 0.3) is 0 Å². The zero-order valence-corrected chi connectivity index (χ0v) is 16.1. The molecular weight excluding hydrogens is 371 g/mol. The van der Waals surface area contributed by atoms with Gasteiger partial charge in [0.1, 0.15) is 17.3 Å². The molecule has 5 heteroatoms. The first kappa shape index (κ1) is 20.6. The van der Waals surface area contributed by atoms with Crippen LogP contribution in [0.2, 0.25) is 0 Å². The minimum absolute atomic E-state index is 0.211. The van der Waals surface area contributed by atoms with E-state index in [2.05, 4.69) is 0 Å². The standard InChI is InChI=1S/C24H23FO4/c1-2-28-24(27)22(23(26)18-11-13-19(25)14-12-18)16-17-7-6-10-21(15-17)29-20-8-4-3-5-9-20/h3-15,22-23,26H,2,16H2,1H3. The first-order valence-corrected chi connectivity index (χ1v) is 9.49. The number of rotatable bonds is 8. The van der Waals surface area contributed by atoms with E-state index in [1.165, 1.54) is 24.3 Å². The molecule has 3 rings (SSSR count). The van der Waals surface area contributed by atoms with Crippen LogP contribution in [0, 0.1) is 11.7 Å². The molecule has 0 aliphatic carbocycles. The Bertz CT molecular complexity index is 925. The van der Waals surface area contributed by atoms with Gasteiger partial charge in [-0.3, -0.25) is 4.79 Å². The number of benzene rings is 3. The summed E-state index contributed by atoms with van der Waals surface area (Å²) in [6, 6.07) is 22.2. The molecule has 29 heavy (non-hydrogen) atoms. The number of hydrogen-bond donors (Lipinski definition) is 1. The second-order valence-corrected chi connectivity index (χ2v) is 6.62. The Hall–Kier alpha value is -3.18. The highest BCUT2D eigenvalue weighted by Crippen LogP contribution is 2.29. The maximum Gasteiger partial charge on any atom is 0.312 e. The Morgan fingerprint density at radius 1 is 0.966 bits per heavy atom. The summed E-state index contributed by atoms with van der Waals surface area (Å²) in [5.74, 6) is -0.393. The third-order valence-electron chi connectivity index (χ3n) is 4.51. The fraction of sp³-hybridized carbons (Fsp3) is 0.208. The highest BCUT2D eigenvalue weighted by Gasteiger charge is 2.29. The van der Waals surface area contributed by atoms with Crippen molar-refractivity contribution < 1.29 is 23.8 Å². The van der Waals surface area contributed by atoms with Crippen LogP contribution in [0.5, 0.6) is 11.5 Å². The number of para-hydroxylation sites is 1. The zero-order valence-electron chi connectivity index (χ0n) is 16.1. The first-order chi connectivity index (χ1) is 14.1. The van der Waals surface area contributed by atoms with Gasteiger partial charge in [0.15, 0.2) is 0 Å². The Morgan fingerprint density at radius 3 is 2.34 bits per heavy atom. The molecule has 0 aliphatic rings. The van der Waals surface area contributed by atoms with Crippen molar-refractivity contribution in [1.82, 2.24) is 0 Å². The molecular formula is C24H23FO4. The van der Waals surface area contributed by atoms with Gasteiger partial charge in [-0.05, 0) is 60.9 Å². The molecule has 0 amide bonds. The predicted octanol–water partition coefficient (Wildman–Crippen LogP) is 5.07. The SMILES string of the molecule is CCOC(=O)C(Cc1cccc(Oc2ccccc2)c1)C(O)c1ccc(F)cc1. The number of aliphatic hydroxyl groups is 1. The number of carbonyl (C=O) groups excluding carboxylic acids is 1. The molecule has 0 spiro atoms. The van der Waals surface area contributed by atoms with E-state index in [0.717, 1.165) is 5.56 Å². The Balaban J connectivity index is 1.81. The van der Waals surface area contributed by atoms with E-state index in [4.69, 9.17) is 9.47 Å². The molecule has 3 aromatic carbocycles. The average Bonchev–Trinajstić information content (AvgIpc) is 2.73. The van der Waals surface area contributed by atoms with Crippen LogP contribution in [0.15, 0.2) is 78.9 Å². The van der Waals surface area contributed by atoms with Crippen molar-refractivity contribution in [1.29, 1.82) is 0 Å². The van der Waals surface area contributed by atoms with Crippen molar-refractivity contribution in [3.63, 3.8) is 0 Å². The molecule has 0 bridgehead atoms. The largest absolute Gasteiger partial charge is 0.466 e. The Morgan fingerprint density at radius 2 is 1.66 bits per heavy atom. The number of halogens is 1. The van der Waals surface area contributed by atoms with Crippen LogP contribution in [-0.4, -0.2) is 17.7 Å². The molecule has 0 radical (unpaired) electrons. The fourth-order valence-corrected chi connectivity index (χ4v) is 3.08. The van der Waals surface area contributed by atoms with Crippen molar-refractivity contribution in [2.24, 2.45) is 5.92 Å². The Labute approximate surface area is 169 Å². The zero-order chi connectivity index (χ0) is 20.6. The molecule has 2 unspecified atom stereocenters. The number of ether oxygens (including phenoxy) is 2. The summed E-state index contributed by atoms with van der Waals surface area (Å²) in [5, 5.41) is 10.8. The van der Waals surface area contributed by atoms with E-state index >= 15 is 0 Å². The summed E-state index contributed by atoms with van der Waals surface area (Å²) in [7, 11) is 0. The molecule has 0 saturated heterocycles. The van der Waals surface area contributed by atoms with Crippen LogP contribution < -0.4 is 4.74 Å². The molecule has 0 saturated carbocycles. The smallest absolute Gasteiger partial charge is 0.312 e. The summed E-state index contributed by atoms with van der Waals surface area (Å²) >= 11 is 0. The third-order valence-corrected chi connectivity index (χ3v) is 4.51. The van der Waals surface area contributed by atoms with Crippen molar-refractivity contribution in [3.8, 4) is 11.5 Å². The van der Waals surface area contributed by atoms with E-state index in [0.29, 0.717) is 17.1 Å². The van der Waals surface area contributed by atoms with Gasteiger partial charge in [0.05, 0.1) is 18.6 Å². The van der Waals surface area contributed by atoms with Gasteiger partial charge in [-0.15, -0.1) is 0 Å². The topological polar surface area (TPSA) is 55.8 Å². The third kappa shape index (κ3) is 5.65. The number of carbonyl (C=O) groups is 1. The molecule has 4 nitrogen and oxygen atoms in total. The highest BCUT2D eigenvalue weighted by molar-refractivity contribution is 5.74. The van der Waals surface area contributed by atoms with Crippen molar-refractivity contribution in [3.05, 3.63) is 95.8 Å². The minimum Gasteiger partial charge on any atom is -0.466 e. The van der Waals surface area contributed by atoms with Gasteiger partial charge in [-0.2, -0.15) is 0 Å². The highest BCUT2D eigenvalue weighted by atomic mass is 19.1. The summed E-state index contributed by atoms with van der Waals surface area (Å²) < 4.78 is 24.2. The number of esters is 1. The molecule has 1 N–H and O–H groups in total. The van der Waals surface area contributed by atoms with Gasteiger partial charge in [-0.25, -0.2) is 4.39 Å². The molecule has 0 heterocycles. The molecule has 0 fully saturated rings. The molecule has 2 atom stereocenters.